The van der Waals surface area contributed by atoms with Gasteiger partial charge in [0.15, 0.2) is 0 Å². The zero-order chi connectivity index (χ0) is 23.8. The molecule has 33 heavy (non-hydrogen) atoms. The number of amides is 3. The van der Waals surface area contributed by atoms with Crippen molar-refractivity contribution in [2.45, 2.75) is 39.4 Å². The van der Waals surface area contributed by atoms with Crippen LogP contribution in [0.4, 0.5) is 10.5 Å². The van der Waals surface area contributed by atoms with Gasteiger partial charge in [0.1, 0.15) is 6.54 Å². The summed E-state index contributed by atoms with van der Waals surface area (Å²) >= 11 is 13.7. The van der Waals surface area contributed by atoms with Gasteiger partial charge in [0.05, 0.1) is 16.6 Å². The summed E-state index contributed by atoms with van der Waals surface area (Å²) in [5, 5.41) is 5.60. The van der Waals surface area contributed by atoms with Crippen LogP contribution in [0, 0.1) is 0 Å². The van der Waals surface area contributed by atoms with Crippen LogP contribution in [0.25, 0.3) is 0 Å². The van der Waals surface area contributed by atoms with Crippen LogP contribution >= 0.6 is 34.5 Å². The smallest absolute Gasteiger partial charge is 0.322 e. The maximum Gasteiger partial charge on any atom is 0.322 e. The fourth-order valence-electron chi connectivity index (χ4n) is 3.29. The lowest BCUT2D eigenvalue weighted by atomic mass is 10.2. The third-order valence-corrected chi connectivity index (χ3v) is 6.96. The lowest BCUT2D eigenvalue weighted by molar-refractivity contribution is -0.133. The predicted molar refractivity (Wildman–Crippen MR) is 137 cm³/mol. The fraction of sp³-hybridized carbons (Fsp3) is 0.280. The fourth-order valence-corrected chi connectivity index (χ4v) is 4.31. The Morgan fingerprint density at radius 3 is 2.39 bits per heavy atom. The van der Waals surface area contributed by atoms with E-state index in [1.807, 2.05) is 61.7 Å². The number of thiophene rings is 1. The highest BCUT2D eigenvalue weighted by molar-refractivity contribution is 7.09. The number of rotatable bonds is 9. The Bertz CT molecular complexity index is 1060. The Morgan fingerprint density at radius 2 is 1.76 bits per heavy atom. The van der Waals surface area contributed by atoms with E-state index in [0.717, 1.165) is 10.4 Å². The number of hydrogen-bond donors (Lipinski definition) is 1. The van der Waals surface area contributed by atoms with Crippen molar-refractivity contribution in [1.82, 2.24) is 9.80 Å². The third-order valence-electron chi connectivity index (χ3n) is 5.36. The first-order valence-corrected chi connectivity index (χ1v) is 12.4. The Balaban J connectivity index is 1.77. The standard InChI is InChI=1S/C25H27Cl2N3O2S/c1-3-18(2)30(25(32)28-20-11-12-22(26)23(27)14-20)17-24(31)29(16-21-10-7-13-33-21)15-19-8-5-4-6-9-19/h4-14,18H,3,15-17H2,1-2H3,(H,28,32). The highest BCUT2D eigenvalue weighted by Gasteiger charge is 2.25. The molecule has 1 heterocycles. The molecule has 0 aliphatic carbocycles. The van der Waals surface area contributed by atoms with Gasteiger partial charge in [0.25, 0.3) is 0 Å². The second-order valence-corrected chi connectivity index (χ2v) is 9.61. The number of carbonyl (C=O) groups excluding carboxylic acids is 2. The van der Waals surface area contributed by atoms with E-state index in [1.165, 1.54) is 0 Å². The molecule has 3 rings (SSSR count). The monoisotopic (exact) mass is 503 g/mol. The van der Waals surface area contributed by atoms with Crippen molar-refractivity contribution in [3.63, 3.8) is 0 Å². The van der Waals surface area contributed by atoms with Gasteiger partial charge in [-0.25, -0.2) is 4.79 Å². The van der Waals surface area contributed by atoms with Gasteiger partial charge in [-0.15, -0.1) is 11.3 Å². The van der Waals surface area contributed by atoms with E-state index >= 15 is 0 Å². The summed E-state index contributed by atoms with van der Waals surface area (Å²) < 4.78 is 0. The molecule has 0 fully saturated rings. The summed E-state index contributed by atoms with van der Waals surface area (Å²) in [6.45, 7) is 4.86. The van der Waals surface area contributed by atoms with Crippen LogP contribution < -0.4 is 5.32 Å². The number of nitrogens with one attached hydrogen (secondary N) is 1. The SMILES string of the molecule is CCC(C)N(CC(=O)N(Cc1ccccc1)Cc1cccs1)C(=O)Nc1ccc(Cl)c(Cl)c1. The van der Waals surface area contributed by atoms with Crippen molar-refractivity contribution in [2.24, 2.45) is 0 Å². The summed E-state index contributed by atoms with van der Waals surface area (Å²) in [6.07, 6.45) is 0.714. The van der Waals surface area contributed by atoms with Gasteiger partial charge >= 0.3 is 6.03 Å². The lowest BCUT2D eigenvalue weighted by Gasteiger charge is -2.31. The van der Waals surface area contributed by atoms with Gasteiger partial charge in [-0.05, 0) is 48.6 Å². The molecule has 1 aromatic heterocycles. The van der Waals surface area contributed by atoms with Crippen LogP contribution in [0.3, 0.4) is 0 Å². The minimum Gasteiger partial charge on any atom is -0.332 e. The summed E-state index contributed by atoms with van der Waals surface area (Å²) in [5.41, 5.74) is 1.56. The van der Waals surface area contributed by atoms with Gasteiger partial charge < -0.3 is 15.1 Å². The van der Waals surface area contributed by atoms with Gasteiger partial charge in [0.2, 0.25) is 5.91 Å². The molecule has 2 aromatic carbocycles. The van der Waals surface area contributed by atoms with Crippen LogP contribution in [-0.2, 0) is 17.9 Å². The highest BCUT2D eigenvalue weighted by Crippen LogP contribution is 2.25. The molecule has 0 saturated carbocycles. The maximum atomic E-state index is 13.4. The first-order chi connectivity index (χ1) is 15.9. The number of halogens is 2. The number of urea groups is 1. The first-order valence-electron chi connectivity index (χ1n) is 10.7. The van der Waals surface area contributed by atoms with Crippen LogP contribution in [0.2, 0.25) is 10.0 Å². The Morgan fingerprint density at radius 1 is 1.00 bits per heavy atom. The molecular weight excluding hydrogens is 477 g/mol. The van der Waals surface area contributed by atoms with Crippen molar-refractivity contribution >= 4 is 52.2 Å². The van der Waals surface area contributed by atoms with Crippen LogP contribution in [0.5, 0.6) is 0 Å². The topological polar surface area (TPSA) is 52.7 Å². The van der Waals surface area contributed by atoms with Gasteiger partial charge in [-0.3, -0.25) is 4.79 Å². The largest absolute Gasteiger partial charge is 0.332 e. The predicted octanol–water partition coefficient (Wildman–Crippen LogP) is 6.92. The van der Waals surface area contributed by atoms with Crippen LogP contribution in [-0.4, -0.2) is 34.3 Å². The van der Waals surface area contributed by atoms with Crippen LogP contribution in [0.15, 0.2) is 66.0 Å². The normalized spacial score (nSPS) is 11.6. The molecular formula is C25H27Cl2N3O2S. The molecule has 174 valence electrons. The van der Waals surface area contributed by atoms with Gasteiger partial charge in [-0.1, -0.05) is 66.5 Å². The molecule has 1 atom stereocenters. The van der Waals surface area contributed by atoms with E-state index in [2.05, 4.69) is 5.32 Å². The molecule has 0 bridgehead atoms. The minimum absolute atomic E-state index is 0.0274. The Kier molecular flexibility index (Phi) is 9.18. The number of nitrogens with zero attached hydrogens (tertiary/aromatic N) is 2. The van der Waals surface area contributed by atoms with Gasteiger partial charge in [0, 0.05) is 23.2 Å². The van der Waals surface area contributed by atoms with E-state index in [4.69, 9.17) is 23.2 Å². The molecule has 0 spiro atoms. The second kappa shape index (κ2) is 12.1. The quantitative estimate of drug-likeness (QED) is 0.344. The summed E-state index contributed by atoms with van der Waals surface area (Å²) in [7, 11) is 0. The van der Waals surface area contributed by atoms with E-state index in [1.54, 1.807) is 39.3 Å². The van der Waals surface area contributed by atoms with Crippen molar-refractivity contribution in [3.05, 3.63) is 86.5 Å². The maximum absolute atomic E-state index is 13.4. The van der Waals surface area contributed by atoms with Crippen molar-refractivity contribution in [2.75, 3.05) is 11.9 Å². The molecule has 0 aliphatic rings. The zero-order valence-corrected chi connectivity index (χ0v) is 21.0. The van der Waals surface area contributed by atoms with E-state index < -0.39 is 0 Å². The van der Waals surface area contributed by atoms with Gasteiger partial charge in [-0.2, -0.15) is 0 Å². The second-order valence-electron chi connectivity index (χ2n) is 7.76. The first kappa shape index (κ1) is 25.1. The molecule has 0 aliphatic heterocycles. The van der Waals surface area contributed by atoms with Crippen molar-refractivity contribution in [1.29, 1.82) is 0 Å². The number of benzene rings is 2. The molecule has 3 amide bonds. The summed E-state index contributed by atoms with van der Waals surface area (Å²) in [6, 6.07) is 18.3. The van der Waals surface area contributed by atoms with Crippen molar-refractivity contribution in [3.8, 4) is 0 Å². The average Bonchev–Trinajstić information content (AvgIpc) is 3.32. The minimum atomic E-state index is -0.355. The van der Waals surface area contributed by atoms with Crippen LogP contribution in [0.1, 0.15) is 30.7 Å². The molecule has 1 N–H and O–H groups in total. The highest BCUT2D eigenvalue weighted by atomic mass is 35.5. The van der Waals surface area contributed by atoms with Crippen molar-refractivity contribution < 1.29 is 9.59 Å². The summed E-state index contributed by atoms with van der Waals surface area (Å²) in [4.78, 5) is 31.0. The Labute approximate surface area is 208 Å². The zero-order valence-electron chi connectivity index (χ0n) is 18.6. The molecule has 0 saturated heterocycles. The lowest BCUT2D eigenvalue weighted by Crippen LogP contribution is -2.47. The molecule has 1 unspecified atom stereocenters. The number of hydrogen-bond acceptors (Lipinski definition) is 3. The van der Waals surface area contributed by atoms with E-state index in [-0.39, 0.29) is 24.5 Å². The number of carbonyl (C=O) groups is 2. The molecule has 0 radical (unpaired) electrons. The van der Waals surface area contributed by atoms with E-state index in [0.29, 0.717) is 35.2 Å². The molecule has 5 nitrogen and oxygen atoms in total. The summed E-state index contributed by atoms with van der Waals surface area (Å²) in [5.74, 6) is -0.114. The van der Waals surface area contributed by atoms with E-state index in [9.17, 15) is 9.59 Å². The average molecular weight is 504 g/mol. The molecule has 8 heteroatoms. The third kappa shape index (κ3) is 7.22. The Hall–Kier alpha value is -2.54. The number of anilines is 1. The molecule has 3 aromatic rings.